The number of H-pyrrole nitrogens is 1. The van der Waals surface area contributed by atoms with Crippen molar-refractivity contribution >= 4 is 23.0 Å². The Morgan fingerprint density at radius 3 is 2.55 bits per heavy atom. The van der Waals surface area contributed by atoms with Crippen molar-refractivity contribution in [3.05, 3.63) is 64.1 Å². The van der Waals surface area contributed by atoms with E-state index in [2.05, 4.69) is 4.98 Å². The maximum absolute atomic E-state index is 13.2. The Bertz CT molecular complexity index is 1180. The summed E-state index contributed by atoms with van der Waals surface area (Å²) in [5, 5.41) is 0. The first kappa shape index (κ1) is 20.8. The van der Waals surface area contributed by atoms with Crippen molar-refractivity contribution in [3.63, 3.8) is 0 Å². The number of hydrogen-bond donors (Lipinski definition) is 1. The van der Waals surface area contributed by atoms with Gasteiger partial charge in [0, 0.05) is 30.3 Å². The van der Waals surface area contributed by atoms with Crippen molar-refractivity contribution < 1.29 is 14.3 Å². The lowest BCUT2D eigenvalue weighted by molar-refractivity contribution is 0.0694. The number of likely N-dealkylation sites (tertiary alicyclic amines) is 1. The fourth-order valence-corrected chi connectivity index (χ4v) is 4.37. The molecule has 1 aliphatic rings. The van der Waals surface area contributed by atoms with Gasteiger partial charge in [-0.1, -0.05) is 24.3 Å². The van der Waals surface area contributed by atoms with Crippen LogP contribution in [0.2, 0.25) is 0 Å². The van der Waals surface area contributed by atoms with E-state index in [0.717, 1.165) is 29.4 Å². The largest absolute Gasteiger partial charge is 0.493 e. The highest BCUT2D eigenvalue weighted by atomic mass is 16.5. The molecule has 1 aromatic heterocycles. The van der Waals surface area contributed by atoms with Crippen LogP contribution < -0.4 is 15.2 Å². The summed E-state index contributed by atoms with van der Waals surface area (Å²) in [6.45, 7) is 3.09. The van der Waals surface area contributed by atoms with Crippen molar-refractivity contribution in [3.8, 4) is 11.5 Å². The van der Waals surface area contributed by atoms with Gasteiger partial charge >= 0.3 is 5.69 Å². The highest BCUT2D eigenvalue weighted by Gasteiger charge is 2.27. The second-order valence-corrected chi connectivity index (χ2v) is 7.64. The number of hydrogen-bond acceptors (Lipinski definition) is 4. The van der Waals surface area contributed by atoms with E-state index in [0.29, 0.717) is 30.2 Å². The number of rotatable bonds is 5. The quantitative estimate of drug-likeness (QED) is 0.679. The number of aromatic nitrogens is 2. The van der Waals surface area contributed by atoms with E-state index >= 15 is 0 Å². The molecule has 3 aromatic rings. The number of piperidine rings is 1. The van der Waals surface area contributed by atoms with Crippen LogP contribution >= 0.6 is 0 Å². The Labute approximate surface area is 180 Å². The minimum absolute atomic E-state index is 0.0450. The molecule has 162 valence electrons. The number of fused-ring (bicyclic) bond motifs is 1. The van der Waals surface area contributed by atoms with Crippen molar-refractivity contribution in [2.75, 3.05) is 27.3 Å². The summed E-state index contributed by atoms with van der Waals surface area (Å²) in [6.07, 6.45) is 5.24. The second kappa shape index (κ2) is 8.71. The molecule has 0 spiro atoms. The van der Waals surface area contributed by atoms with Gasteiger partial charge in [-0.2, -0.15) is 0 Å². The Morgan fingerprint density at radius 2 is 1.87 bits per heavy atom. The van der Waals surface area contributed by atoms with Gasteiger partial charge in [-0.15, -0.1) is 0 Å². The smallest absolute Gasteiger partial charge is 0.326 e. The molecule has 0 unspecified atom stereocenters. The number of allylic oxidation sites excluding steroid dienone is 1. The van der Waals surface area contributed by atoms with Crippen LogP contribution in [0.1, 0.15) is 41.7 Å². The van der Waals surface area contributed by atoms with Crippen molar-refractivity contribution in [1.29, 1.82) is 0 Å². The summed E-state index contributed by atoms with van der Waals surface area (Å²) in [7, 11) is 3.15. The molecule has 0 aliphatic carbocycles. The number of aromatic amines is 1. The molecule has 1 amide bonds. The Kier molecular flexibility index (Phi) is 5.84. The molecule has 7 heteroatoms. The SMILES string of the molecule is C/C=C\c1cc(C(=O)N2CCC(n3c(=O)[nH]c4ccccc43)CC2)cc(OC)c1OC. The van der Waals surface area contributed by atoms with Gasteiger partial charge in [-0.3, -0.25) is 9.36 Å². The molecule has 2 heterocycles. The van der Waals surface area contributed by atoms with Crippen molar-refractivity contribution in [1.82, 2.24) is 14.5 Å². The summed E-state index contributed by atoms with van der Waals surface area (Å²) < 4.78 is 12.7. The fraction of sp³-hybridized carbons (Fsp3) is 0.333. The molecular weight excluding hydrogens is 394 g/mol. The number of nitrogens with zero attached hydrogens (tertiary/aromatic N) is 2. The van der Waals surface area contributed by atoms with E-state index in [9.17, 15) is 9.59 Å². The van der Waals surface area contributed by atoms with Gasteiger partial charge < -0.3 is 19.4 Å². The van der Waals surface area contributed by atoms with Gasteiger partial charge in [0.15, 0.2) is 11.5 Å². The predicted molar refractivity (Wildman–Crippen MR) is 121 cm³/mol. The first-order valence-corrected chi connectivity index (χ1v) is 10.4. The molecule has 1 fully saturated rings. The van der Waals surface area contributed by atoms with E-state index < -0.39 is 0 Å². The highest BCUT2D eigenvalue weighted by Crippen LogP contribution is 2.34. The lowest BCUT2D eigenvalue weighted by Crippen LogP contribution is -2.40. The Balaban J connectivity index is 1.55. The van der Waals surface area contributed by atoms with Gasteiger partial charge in [-0.05, 0) is 44.0 Å². The number of nitrogens with one attached hydrogen (secondary N) is 1. The minimum Gasteiger partial charge on any atom is -0.493 e. The van der Waals surface area contributed by atoms with Gasteiger partial charge in [0.2, 0.25) is 0 Å². The summed E-state index contributed by atoms with van der Waals surface area (Å²) in [4.78, 5) is 30.5. The average molecular weight is 421 g/mol. The average Bonchev–Trinajstić information content (AvgIpc) is 3.14. The van der Waals surface area contributed by atoms with Crippen molar-refractivity contribution in [2.24, 2.45) is 0 Å². The Morgan fingerprint density at radius 1 is 1.13 bits per heavy atom. The van der Waals surface area contributed by atoms with E-state index in [1.807, 2.05) is 58.9 Å². The van der Waals surface area contributed by atoms with E-state index in [1.165, 1.54) is 0 Å². The molecule has 1 aliphatic heterocycles. The number of carbonyl (C=O) groups excluding carboxylic acids is 1. The molecule has 2 aromatic carbocycles. The van der Waals surface area contributed by atoms with Gasteiger partial charge in [0.25, 0.3) is 5.91 Å². The minimum atomic E-state index is -0.0955. The summed E-state index contributed by atoms with van der Waals surface area (Å²) >= 11 is 0. The number of carbonyl (C=O) groups is 1. The summed E-state index contributed by atoms with van der Waals surface area (Å²) in [5.41, 5.74) is 3.02. The molecule has 7 nitrogen and oxygen atoms in total. The molecule has 0 radical (unpaired) electrons. The van der Waals surface area contributed by atoms with Gasteiger partial charge in [-0.25, -0.2) is 4.79 Å². The summed E-state index contributed by atoms with van der Waals surface area (Å²) in [6, 6.07) is 11.3. The van der Waals surface area contributed by atoms with Crippen LogP contribution in [0.3, 0.4) is 0 Å². The number of benzene rings is 2. The van der Waals surface area contributed by atoms with Crippen LogP contribution in [0.15, 0.2) is 47.3 Å². The number of amides is 1. The number of ether oxygens (including phenoxy) is 2. The normalized spacial score (nSPS) is 15.0. The van der Waals surface area contributed by atoms with Crippen LogP contribution in [0.5, 0.6) is 11.5 Å². The first-order chi connectivity index (χ1) is 15.1. The zero-order chi connectivity index (χ0) is 22.0. The lowest BCUT2D eigenvalue weighted by Gasteiger charge is -2.32. The van der Waals surface area contributed by atoms with Crippen LogP contribution in [0.4, 0.5) is 0 Å². The van der Waals surface area contributed by atoms with E-state index in [4.69, 9.17) is 9.47 Å². The molecule has 0 saturated carbocycles. The lowest BCUT2D eigenvalue weighted by atomic mass is 10.0. The van der Waals surface area contributed by atoms with Gasteiger partial charge in [0.05, 0.1) is 25.3 Å². The van der Waals surface area contributed by atoms with Crippen LogP contribution in [0, 0.1) is 0 Å². The van der Waals surface area contributed by atoms with E-state index in [-0.39, 0.29) is 17.6 Å². The standard InChI is InChI=1S/C24H27N3O4/c1-4-7-16-14-17(15-21(30-2)22(16)31-3)23(28)26-12-10-18(11-13-26)27-20-9-6-5-8-19(20)25-24(27)29/h4-9,14-15,18H,10-13H2,1-3H3,(H,25,29)/b7-4-. The van der Waals surface area contributed by atoms with Crippen molar-refractivity contribution in [2.45, 2.75) is 25.8 Å². The first-order valence-electron chi connectivity index (χ1n) is 10.4. The predicted octanol–water partition coefficient (Wildman–Crippen LogP) is 3.86. The fourth-order valence-electron chi connectivity index (χ4n) is 4.37. The third kappa shape index (κ3) is 3.83. The maximum atomic E-state index is 13.2. The van der Waals surface area contributed by atoms with E-state index in [1.54, 1.807) is 20.3 Å². The topological polar surface area (TPSA) is 76.6 Å². The van der Waals surface area contributed by atoms with Crippen LogP contribution in [-0.4, -0.2) is 47.7 Å². The number of imidazole rings is 1. The molecule has 1 N–H and O–H groups in total. The number of para-hydroxylation sites is 2. The van der Waals surface area contributed by atoms with Crippen LogP contribution in [-0.2, 0) is 0 Å². The maximum Gasteiger partial charge on any atom is 0.326 e. The molecular formula is C24H27N3O4. The molecule has 0 bridgehead atoms. The monoisotopic (exact) mass is 421 g/mol. The third-order valence-corrected chi connectivity index (χ3v) is 5.84. The summed E-state index contributed by atoms with van der Waals surface area (Å²) in [5.74, 6) is 1.09. The zero-order valence-electron chi connectivity index (χ0n) is 18.1. The van der Waals surface area contributed by atoms with Gasteiger partial charge in [0.1, 0.15) is 0 Å². The molecule has 4 rings (SSSR count). The third-order valence-electron chi connectivity index (χ3n) is 5.84. The highest BCUT2D eigenvalue weighted by molar-refractivity contribution is 5.96. The number of methoxy groups -OCH3 is 2. The zero-order valence-corrected chi connectivity index (χ0v) is 18.1. The molecule has 31 heavy (non-hydrogen) atoms. The van der Waals surface area contributed by atoms with Crippen LogP contribution in [0.25, 0.3) is 17.1 Å². The second-order valence-electron chi connectivity index (χ2n) is 7.64. The molecule has 1 saturated heterocycles. The Hall–Kier alpha value is -3.48. The molecule has 0 atom stereocenters.